The van der Waals surface area contributed by atoms with Gasteiger partial charge in [0.25, 0.3) is 10.1 Å². The Hall–Kier alpha value is -3.23. The molecule has 4 aliphatic rings. The minimum atomic E-state index is -3.52. The van der Waals surface area contributed by atoms with Gasteiger partial charge in [-0.25, -0.2) is 27.6 Å². The fraction of sp³-hybridized carbons (Fsp3) is 0.931. The third-order valence-corrected chi connectivity index (χ3v) is 14.2. The SMILES string of the molecule is CC(C)(C)OC(=O)N[C@H](CN)CC1CCCCC1.CC(C)(C)OC(=O)N[C@H](CN=[N+]=[N-])CC1CCCCC1.CC(C)(C)OC(=O)N[C@H](CO)CC1CCCCC1.CC(C)(C)OC(=O)N[C@H](COS(C)(=O)=O)CC1CCCCC1.CS(=O)(=O)Cl.[N-]=[N+]=[N-].[Na+]. The van der Waals surface area contributed by atoms with E-state index in [0.29, 0.717) is 30.2 Å². The molecule has 504 valence electrons. The van der Waals surface area contributed by atoms with Crippen LogP contribution in [0.5, 0.6) is 0 Å². The van der Waals surface area contributed by atoms with Crippen molar-refractivity contribution >= 4 is 54.2 Å². The van der Waals surface area contributed by atoms with Crippen molar-refractivity contribution in [2.45, 2.75) is 284 Å². The maximum Gasteiger partial charge on any atom is 1.00 e. The summed E-state index contributed by atoms with van der Waals surface area (Å²) in [5.41, 5.74) is 25.6. The van der Waals surface area contributed by atoms with Crippen LogP contribution in [-0.4, -0.2) is 132 Å². The number of carbonyl (C=O) groups is 4. The molecule has 87 heavy (non-hydrogen) atoms. The predicted octanol–water partition coefficient (Wildman–Crippen LogP) is 10.7. The normalized spacial score (nSPS) is 17.6. The van der Waals surface area contributed by atoms with Crippen molar-refractivity contribution in [1.29, 1.82) is 0 Å². The number of ether oxygens (including phenoxy) is 4. The summed E-state index contributed by atoms with van der Waals surface area (Å²) in [6, 6.07) is -0.623. The van der Waals surface area contributed by atoms with Crippen molar-refractivity contribution in [2.75, 3.05) is 38.8 Å². The third-order valence-electron chi connectivity index (χ3n) is 13.6. The van der Waals surface area contributed by atoms with Gasteiger partial charge in [0, 0.05) is 40.8 Å². The monoisotopic (exact) mass is 1310 g/mol. The zero-order valence-electron chi connectivity index (χ0n) is 55.6. The number of amides is 4. The quantitative estimate of drug-likeness (QED) is 0.0133. The Labute approximate surface area is 549 Å². The van der Waals surface area contributed by atoms with Gasteiger partial charge in [-0.05, 0) is 138 Å². The van der Waals surface area contributed by atoms with Gasteiger partial charge in [-0.1, -0.05) is 134 Å². The van der Waals surface area contributed by atoms with Crippen LogP contribution in [0.25, 0.3) is 26.4 Å². The van der Waals surface area contributed by atoms with Gasteiger partial charge in [0.15, 0.2) is 0 Å². The average molecular weight is 1310 g/mol. The Morgan fingerprint density at radius 2 is 0.759 bits per heavy atom. The number of azide groups is 1. The molecular formula is C58H113ClN11NaO14S2. The number of halogens is 1. The second-order valence-electron chi connectivity index (χ2n) is 26.9. The number of hydrogen-bond donors (Lipinski definition) is 6. The minimum Gasteiger partial charge on any atom is -0.444 e. The van der Waals surface area contributed by atoms with Crippen LogP contribution < -0.4 is 56.6 Å². The van der Waals surface area contributed by atoms with Gasteiger partial charge in [0.1, 0.15) is 22.4 Å². The first-order valence-electron chi connectivity index (χ1n) is 30.7. The fourth-order valence-corrected chi connectivity index (χ4v) is 10.7. The van der Waals surface area contributed by atoms with E-state index in [1.807, 2.05) is 62.3 Å². The summed E-state index contributed by atoms with van der Waals surface area (Å²) in [7, 11) is -2.22. The van der Waals surface area contributed by atoms with E-state index in [-0.39, 0.29) is 79.6 Å². The number of nitrogens with two attached hydrogens (primary N) is 1. The number of rotatable bonds is 19. The van der Waals surface area contributed by atoms with Crippen LogP contribution in [0.2, 0.25) is 0 Å². The third kappa shape index (κ3) is 60.1. The first-order chi connectivity index (χ1) is 39.7. The van der Waals surface area contributed by atoms with E-state index >= 15 is 0 Å². The van der Waals surface area contributed by atoms with Gasteiger partial charge in [0.2, 0.25) is 9.05 Å². The zero-order valence-corrected chi connectivity index (χ0v) is 60.0. The molecule has 4 atom stereocenters. The predicted molar refractivity (Wildman–Crippen MR) is 339 cm³/mol. The molecule has 0 spiro atoms. The van der Waals surface area contributed by atoms with Crippen LogP contribution in [0.4, 0.5) is 19.2 Å². The van der Waals surface area contributed by atoms with E-state index in [1.165, 1.54) is 120 Å². The molecule has 0 heterocycles. The number of carbonyl (C=O) groups excluding carboxylic acids is 4. The van der Waals surface area contributed by atoms with Crippen molar-refractivity contribution in [3.8, 4) is 0 Å². The second kappa shape index (κ2) is 46.8. The molecule has 0 saturated heterocycles. The number of nitrogens with one attached hydrogen (secondary N) is 4. The van der Waals surface area contributed by atoms with Gasteiger partial charge >= 0.3 is 53.9 Å². The maximum absolute atomic E-state index is 11.9. The molecule has 0 aromatic carbocycles. The van der Waals surface area contributed by atoms with Crippen LogP contribution in [0.3, 0.4) is 0 Å². The number of aliphatic hydroxyl groups excluding tert-OH is 1. The summed E-state index contributed by atoms with van der Waals surface area (Å²) in [4.78, 5) is 51.3. The van der Waals surface area contributed by atoms with Gasteiger partial charge in [-0.3, -0.25) is 9.09 Å². The Bertz CT molecular complexity index is 2140. The Morgan fingerprint density at radius 3 is 1.01 bits per heavy atom. The van der Waals surface area contributed by atoms with E-state index in [1.54, 1.807) is 20.8 Å². The molecule has 0 radical (unpaired) electrons. The second-order valence-corrected chi connectivity index (χ2v) is 31.6. The topological polar surface area (TPSA) is 385 Å². The van der Waals surface area contributed by atoms with Crippen molar-refractivity contribution in [3.63, 3.8) is 0 Å². The van der Waals surface area contributed by atoms with Gasteiger partial charge < -0.3 is 62.1 Å². The number of aliphatic hydroxyl groups is 1. The molecule has 0 unspecified atom stereocenters. The molecule has 0 bridgehead atoms. The molecule has 4 saturated carbocycles. The Kier molecular flexibility index (Phi) is 47.3. The molecule has 4 fully saturated rings. The van der Waals surface area contributed by atoms with Crippen LogP contribution >= 0.6 is 10.7 Å². The van der Waals surface area contributed by atoms with Gasteiger partial charge in [0.05, 0.1) is 37.8 Å². The first-order valence-corrected chi connectivity index (χ1v) is 35.2. The van der Waals surface area contributed by atoms with Crippen molar-refractivity contribution in [1.82, 2.24) is 21.3 Å². The van der Waals surface area contributed by atoms with Gasteiger partial charge in [-0.15, -0.1) is 0 Å². The molecule has 4 amide bonds. The summed E-state index contributed by atoms with van der Waals surface area (Å²) in [6.45, 7) is 22.7. The average Bonchev–Trinajstić information content (AvgIpc) is 3.55. The largest absolute Gasteiger partial charge is 1.00 e. The van der Waals surface area contributed by atoms with Crippen LogP contribution in [-0.2, 0) is 42.3 Å². The molecule has 25 nitrogen and oxygen atoms in total. The summed E-state index contributed by atoms with van der Waals surface area (Å²) >= 11 is 0. The van der Waals surface area contributed by atoms with Crippen LogP contribution in [0.1, 0.15) is 237 Å². The molecule has 0 aromatic heterocycles. The van der Waals surface area contributed by atoms with E-state index in [4.69, 9.17) is 45.5 Å². The van der Waals surface area contributed by atoms with Crippen LogP contribution in [0, 0.1) is 23.7 Å². The fourth-order valence-electron chi connectivity index (χ4n) is 10.3. The standard InChI is InChI=1S/C15H29NO5S.C14H26N4O2.C14H28N2O2.C14H27NO3.CH3ClO2S.N3.Na/c1-15(2,3)21-14(17)16-13(11-20-22(4,18)19)10-12-8-6-5-7-9-12;1-14(2,3)20-13(19)17-12(10-16-18-15)9-11-7-5-4-6-8-11;1-14(2,3)18-13(17)16-12(10-15)9-11-7-5-4-6-8-11;1-14(2,3)18-13(17)15-12(10-16)9-11-7-5-4-6-8-11;1-5(2,3)4;1-3-2;/h12-13H,5-11H2,1-4H3,(H,16,17);11-12H,4-10H2,1-3H3,(H,17,19);11-12H,4-10,15H2,1-3H3,(H,16,17);11-12,16H,4-10H2,1-3H3,(H,15,17);1H3;;/q;;;;;-1;+1/t13-;3*12-;;;/m0000.../s1. The molecule has 7 N–H and O–H groups in total. The summed E-state index contributed by atoms with van der Waals surface area (Å²) in [6.07, 6.45) is 28.5. The molecule has 0 aromatic rings. The first kappa shape index (κ1) is 88.0. The Morgan fingerprint density at radius 1 is 0.517 bits per heavy atom. The minimum absolute atomic E-state index is 0. The van der Waals surface area contributed by atoms with Crippen LogP contribution in [0.15, 0.2) is 5.11 Å². The van der Waals surface area contributed by atoms with E-state index in [9.17, 15) is 41.1 Å². The summed E-state index contributed by atoms with van der Waals surface area (Å²) in [5, 5.41) is 24.1. The van der Waals surface area contributed by atoms with E-state index < -0.39 is 59.9 Å². The van der Waals surface area contributed by atoms with E-state index in [2.05, 4.69) is 42.0 Å². The molecule has 4 aliphatic carbocycles. The zero-order chi connectivity index (χ0) is 66.2. The maximum atomic E-state index is 11.9. The number of nitrogens with zero attached hydrogens (tertiary/aromatic N) is 6. The number of hydrogen-bond acceptors (Lipinski definition) is 16. The molecule has 29 heteroatoms. The number of alkyl carbamates (subject to hydrolysis) is 4. The van der Waals surface area contributed by atoms with E-state index in [0.717, 1.165) is 51.0 Å². The Balaban J connectivity index is -0.00000103. The van der Waals surface area contributed by atoms with Crippen molar-refractivity contribution in [2.24, 2.45) is 34.5 Å². The molecule has 4 rings (SSSR count). The van der Waals surface area contributed by atoms with Crippen molar-refractivity contribution < 1.29 is 93.8 Å². The smallest absolute Gasteiger partial charge is 0.444 e. The van der Waals surface area contributed by atoms with Crippen molar-refractivity contribution in [3.05, 3.63) is 26.4 Å². The van der Waals surface area contributed by atoms with Gasteiger partial charge in [-0.2, -0.15) is 8.42 Å². The summed E-state index contributed by atoms with van der Waals surface area (Å²) in [5.74, 6) is 2.45. The molecule has 0 aliphatic heterocycles. The molecular weight excluding hydrogens is 1200 g/mol. The summed E-state index contributed by atoms with van der Waals surface area (Å²) < 4.78 is 67.0.